The van der Waals surface area contributed by atoms with E-state index >= 15 is 0 Å². The number of hydrogen-bond acceptors (Lipinski definition) is 6. The number of pyridine rings is 1. The Morgan fingerprint density at radius 1 is 1.25 bits per heavy atom. The summed E-state index contributed by atoms with van der Waals surface area (Å²) in [6.45, 7) is 0.292. The zero-order valence-corrected chi connectivity index (χ0v) is 17.9. The number of esters is 1. The average Bonchev–Trinajstić information content (AvgIpc) is 2.78. The van der Waals surface area contributed by atoms with Gasteiger partial charge in [-0.2, -0.15) is 0 Å². The number of hydrogen-bond donors (Lipinski definition) is 3. The molecule has 1 unspecified atom stereocenters. The van der Waals surface area contributed by atoms with Gasteiger partial charge in [0.2, 0.25) is 0 Å². The van der Waals surface area contributed by atoms with Gasteiger partial charge in [0.15, 0.2) is 0 Å². The molecule has 3 aromatic rings. The molecule has 1 aliphatic heterocycles. The van der Waals surface area contributed by atoms with Crippen LogP contribution in [0.2, 0.25) is 5.15 Å². The van der Waals surface area contributed by atoms with Crippen molar-refractivity contribution in [3.63, 3.8) is 0 Å². The van der Waals surface area contributed by atoms with Crippen LogP contribution in [0.3, 0.4) is 0 Å². The molecular weight excluding hydrogens is 430 g/mol. The number of methoxy groups -OCH3 is 1. The van der Waals surface area contributed by atoms with Crippen LogP contribution < -0.4 is 11.1 Å². The number of rotatable bonds is 5. The molecular formula is C23H20ClN5O3. The number of nitrogens with two attached hydrogens (primary N) is 1. The van der Waals surface area contributed by atoms with Crippen LogP contribution in [0.5, 0.6) is 0 Å². The number of nitrogen functional groups attached to an aromatic ring is 1. The molecule has 0 aliphatic carbocycles. The van der Waals surface area contributed by atoms with E-state index in [1.165, 1.54) is 7.11 Å². The third-order valence-corrected chi connectivity index (χ3v) is 5.47. The summed E-state index contributed by atoms with van der Waals surface area (Å²) in [5.41, 5.74) is 8.23. The molecule has 2 heterocycles. The Morgan fingerprint density at radius 2 is 1.97 bits per heavy atom. The zero-order chi connectivity index (χ0) is 22.8. The van der Waals surface area contributed by atoms with Gasteiger partial charge in [0.05, 0.1) is 12.6 Å². The van der Waals surface area contributed by atoms with Crippen molar-refractivity contribution in [2.75, 3.05) is 7.11 Å². The van der Waals surface area contributed by atoms with E-state index in [0.29, 0.717) is 17.7 Å². The highest BCUT2D eigenvalue weighted by atomic mass is 35.5. The number of amides is 1. The maximum absolute atomic E-state index is 13.1. The second-order valence-electron chi connectivity index (χ2n) is 7.27. The predicted molar refractivity (Wildman–Crippen MR) is 121 cm³/mol. The molecule has 0 fully saturated rings. The number of carbonyl (C=O) groups is 2. The molecule has 4 N–H and O–H groups in total. The Balaban J connectivity index is 1.77. The van der Waals surface area contributed by atoms with Gasteiger partial charge in [-0.05, 0) is 17.7 Å². The van der Waals surface area contributed by atoms with Gasteiger partial charge in [0.25, 0.3) is 5.91 Å². The molecule has 32 heavy (non-hydrogen) atoms. The summed E-state index contributed by atoms with van der Waals surface area (Å²) in [6, 6.07) is 15.6. The lowest BCUT2D eigenvalue weighted by molar-refractivity contribution is -0.139. The van der Waals surface area contributed by atoms with Gasteiger partial charge < -0.3 is 20.7 Å². The second-order valence-corrected chi connectivity index (χ2v) is 7.63. The normalized spacial score (nSPS) is 15.8. The van der Waals surface area contributed by atoms with E-state index in [1.807, 2.05) is 42.5 Å². The Kier molecular flexibility index (Phi) is 5.79. The van der Waals surface area contributed by atoms with Crippen LogP contribution in [0, 0.1) is 5.41 Å². The molecule has 0 saturated carbocycles. The van der Waals surface area contributed by atoms with E-state index in [4.69, 9.17) is 27.5 Å². The fourth-order valence-electron chi connectivity index (χ4n) is 3.60. The standard InChI is InChI=1S/C23H20ClN5O3/c1-32-23(31)18-12-29(11-13-6-8-14(9-7-13)21(25)26)19(22(30)28-18)16-10-15-4-2-3-5-17(15)27-20(16)24/h2-10,12,19H,11H2,1H3,(H3,25,26)(H,28,30). The third kappa shape index (κ3) is 4.13. The number of carbonyl (C=O) groups excluding carboxylic acids is 2. The number of halogens is 1. The van der Waals surface area contributed by atoms with E-state index in [9.17, 15) is 9.59 Å². The molecule has 8 nitrogen and oxygen atoms in total. The second kappa shape index (κ2) is 8.68. The lowest BCUT2D eigenvalue weighted by Gasteiger charge is -2.34. The number of para-hydroxylation sites is 1. The monoisotopic (exact) mass is 449 g/mol. The predicted octanol–water partition coefficient (Wildman–Crippen LogP) is 2.86. The number of benzene rings is 2. The van der Waals surface area contributed by atoms with Gasteiger partial charge in [-0.25, -0.2) is 9.78 Å². The fraction of sp³-hybridized carbons (Fsp3) is 0.130. The van der Waals surface area contributed by atoms with Crippen molar-refractivity contribution in [1.29, 1.82) is 5.41 Å². The molecule has 4 rings (SSSR count). The van der Waals surface area contributed by atoms with Crippen molar-refractivity contribution < 1.29 is 14.3 Å². The molecule has 1 atom stereocenters. The van der Waals surface area contributed by atoms with E-state index in [0.717, 1.165) is 16.5 Å². The SMILES string of the molecule is COC(=O)C1=CN(Cc2ccc(C(=N)N)cc2)C(c2cc3ccccc3nc2Cl)C(=O)N1. The minimum Gasteiger partial charge on any atom is -0.464 e. The van der Waals surface area contributed by atoms with Crippen molar-refractivity contribution >= 4 is 40.2 Å². The van der Waals surface area contributed by atoms with Gasteiger partial charge in [0.1, 0.15) is 22.7 Å². The quantitative estimate of drug-likeness (QED) is 0.238. The summed E-state index contributed by atoms with van der Waals surface area (Å²) < 4.78 is 4.78. The van der Waals surface area contributed by atoms with Gasteiger partial charge in [0, 0.05) is 29.3 Å². The highest BCUT2D eigenvalue weighted by Crippen LogP contribution is 2.33. The number of amidine groups is 1. The van der Waals surface area contributed by atoms with E-state index in [1.54, 1.807) is 23.2 Å². The van der Waals surface area contributed by atoms with Crippen LogP contribution in [0.4, 0.5) is 0 Å². The van der Waals surface area contributed by atoms with E-state index < -0.39 is 17.9 Å². The largest absolute Gasteiger partial charge is 0.464 e. The minimum absolute atomic E-state index is 0.0268. The topological polar surface area (TPSA) is 121 Å². The highest BCUT2D eigenvalue weighted by Gasteiger charge is 2.35. The molecule has 0 bridgehead atoms. The van der Waals surface area contributed by atoms with E-state index in [-0.39, 0.29) is 16.7 Å². The average molecular weight is 450 g/mol. The first-order valence-corrected chi connectivity index (χ1v) is 10.1. The maximum Gasteiger partial charge on any atom is 0.356 e. The molecule has 0 saturated heterocycles. The molecule has 2 aromatic carbocycles. The smallest absolute Gasteiger partial charge is 0.356 e. The van der Waals surface area contributed by atoms with Crippen molar-refractivity contribution in [2.24, 2.45) is 5.73 Å². The Labute approximate surface area is 189 Å². The van der Waals surface area contributed by atoms with Crippen molar-refractivity contribution in [3.05, 3.63) is 88.3 Å². The molecule has 1 aromatic heterocycles. The molecule has 1 amide bonds. The molecule has 1 aliphatic rings. The summed E-state index contributed by atoms with van der Waals surface area (Å²) in [6.07, 6.45) is 1.54. The van der Waals surface area contributed by atoms with Crippen molar-refractivity contribution in [1.82, 2.24) is 15.2 Å². The van der Waals surface area contributed by atoms with Crippen LogP contribution in [0.15, 0.2) is 66.5 Å². The van der Waals surface area contributed by atoms with Gasteiger partial charge in [-0.3, -0.25) is 10.2 Å². The van der Waals surface area contributed by atoms with Gasteiger partial charge in [-0.15, -0.1) is 0 Å². The lowest BCUT2D eigenvalue weighted by atomic mass is 10.0. The number of nitrogens with zero attached hydrogens (tertiary/aromatic N) is 2. The first-order valence-electron chi connectivity index (χ1n) is 9.72. The van der Waals surface area contributed by atoms with Gasteiger partial charge >= 0.3 is 5.97 Å². The Morgan fingerprint density at radius 3 is 2.66 bits per heavy atom. The van der Waals surface area contributed by atoms with Crippen molar-refractivity contribution in [2.45, 2.75) is 12.6 Å². The summed E-state index contributed by atoms with van der Waals surface area (Å²) in [5, 5.41) is 11.2. The first-order chi connectivity index (χ1) is 15.4. The summed E-state index contributed by atoms with van der Waals surface area (Å²) in [5.74, 6) is -1.11. The Hall–Kier alpha value is -3.91. The summed E-state index contributed by atoms with van der Waals surface area (Å²) >= 11 is 6.48. The molecule has 9 heteroatoms. The number of ether oxygens (including phenoxy) is 1. The molecule has 162 valence electrons. The first kappa shape index (κ1) is 21.3. The summed E-state index contributed by atoms with van der Waals surface area (Å²) in [4.78, 5) is 31.4. The van der Waals surface area contributed by atoms with Crippen LogP contribution in [0.1, 0.15) is 22.7 Å². The van der Waals surface area contributed by atoms with Crippen molar-refractivity contribution in [3.8, 4) is 0 Å². The maximum atomic E-state index is 13.1. The van der Waals surface area contributed by atoms with Crippen LogP contribution >= 0.6 is 11.6 Å². The Bertz CT molecular complexity index is 1260. The number of fused-ring (bicyclic) bond motifs is 1. The number of nitrogens with one attached hydrogen (secondary N) is 2. The third-order valence-electron chi connectivity index (χ3n) is 5.17. The van der Waals surface area contributed by atoms with Gasteiger partial charge in [-0.1, -0.05) is 54.1 Å². The molecule has 0 radical (unpaired) electrons. The number of aromatic nitrogens is 1. The van der Waals surface area contributed by atoms with Crippen LogP contribution in [0.25, 0.3) is 10.9 Å². The van der Waals surface area contributed by atoms with Crippen LogP contribution in [-0.2, 0) is 20.9 Å². The van der Waals surface area contributed by atoms with Crippen LogP contribution in [-0.4, -0.2) is 34.7 Å². The zero-order valence-electron chi connectivity index (χ0n) is 17.1. The fourth-order valence-corrected chi connectivity index (χ4v) is 3.84. The highest BCUT2D eigenvalue weighted by molar-refractivity contribution is 6.31. The van der Waals surface area contributed by atoms with E-state index in [2.05, 4.69) is 10.3 Å². The lowest BCUT2D eigenvalue weighted by Crippen LogP contribution is -2.44. The summed E-state index contributed by atoms with van der Waals surface area (Å²) in [7, 11) is 1.25. The minimum atomic E-state index is -0.819. The molecule has 0 spiro atoms.